The molecule has 0 radical (unpaired) electrons. The normalized spacial score (nSPS) is 14.6. The summed E-state index contributed by atoms with van der Waals surface area (Å²) in [5.74, 6) is -2.61. The molecule has 12 heteroatoms. The molecule has 0 aliphatic heterocycles. The van der Waals surface area contributed by atoms with Gasteiger partial charge < -0.3 is 39.3 Å². The van der Waals surface area contributed by atoms with Crippen molar-refractivity contribution in [3.05, 3.63) is 23.8 Å². The lowest BCUT2D eigenvalue weighted by molar-refractivity contribution is -0.139. The second-order valence-corrected chi connectivity index (χ2v) is 11.0. The quantitative estimate of drug-likeness (QED) is 0.120. The highest BCUT2D eigenvalue weighted by Gasteiger charge is 2.33. The highest BCUT2D eigenvalue weighted by Crippen LogP contribution is 2.36. The summed E-state index contributed by atoms with van der Waals surface area (Å²) in [6.45, 7) is 13.6. The van der Waals surface area contributed by atoms with Crippen molar-refractivity contribution in [2.75, 3.05) is 26.4 Å². The van der Waals surface area contributed by atoms with Crippen molar-refractivity contribution in [2.24, 2.45) is 29.4 Å². The van der Waals surface area contributed by atoms with E-state index in [9.17, 15) is 24.3 Å². The van der Waals surface area contributed by atoms with Crippen LogP contribution in [-0.2, 0) is 23.7 Å². The third-order valence-electron chi connectivity index (χ3n) is 6.77. The summed E-state index contributed by atoms with van der Waals surface area (Å²) in [6.07, 6.45) is -0.681. The molecule has 42 heavy (non-hydrogen) atoms. The van der Waals surface area contributed by atoms with E-state index in [0.29, 0.717) is 17.9 Å². The summed E-state index contributed by atoms with van der Waals surface area (Å²) < 4.78 is 31.3. The van der Waals surface area contributed by atoms with Gasteiger partial charge in [-0.3, -0.25) is 4.79 Å². The lowest BCUT2D eigenvalue weighted by Gasteiger charge is -2.28. The first-order valence-corrected chi connectivity index (χ1v) is 14.4. The van der Waals surface area contributed by atoms with Crippen LogP contribution in [0.15, 0.2) is 18.2 Å². The minimum absolute atomic E-state index is 0.0889. The number of carbonyl (C=O) groups excluding carboxylic acids is 3. The molecule has 0 fully saturated rings. The molecule has 1 aromatic rings. The average Bonchev–Trinajstić information content (AvgIpc) is 2.94. The number of rotatable bonds is 17. The van der Waals surface area contributed by atoms with Crippen LogP contribution < -0.4 is 15.2 Å². The number of carboxylic acids is 1. The summed E-state index contributed by atoms with van der Waals surface area (Å²) >= 11 is 0. The summed E-state index contributed by atoms with van der Waals surface area (Å²) in [7, 11) is 0. The minimum atomic E-state index is -1.42. The molecule has 0 aromatic heterocycles. The first-order valence-electron chi connectivity index (χ1n) is 14.4. The molecule has 0 aliphatic rings. The van der Waals surface area contributed by atoms with E-state index in [2.05, 4.69) is 0 Å². The third kappa shape index (κ3) is 13.4. The van der Waals surface area contributed by atoms with E-state index in [1.165, 1.54) is 18.2 Å². The van der Waals surface area contributed by atoms with Gasteiger partial charge in [0.2, 0.25) is 0 Å². The van der Waals surface area contributed by atoms with Gasteiger partial charge in [0.25, 0.3) is 0 Å². The Morgan fingerprint density at radius 2 is 1.29 bits per heavy atom. The Kier molecular flexibility index (Phi) is 16.3. The molecule has 0 heterocycles. The van der Waals surface area contributed by atoms with Gasteiger partial charge in [-0.2, -0.15) is 0 Å². The van der Waals surface area contributed by atoms with Crippen molar-refractivity contribution in [2.45, 2.75) is 79.7 Å². The molecule has 1 rings (SSSR count). The molecule has 238 valence electrons. The maximum atomic E-state index is 12.5. The van der Waals surface area contributed by atoms with Crippen LogP contribution in [-0.4, -0.2) is 62.0 Å². The van der Waals surface area contributed by atoms with E-state index >= 15 is 0 Å². The number of carbonyl (C=O) groups is 4. The molecular weight excluding hydrogens is 550 g/mol. The van der Waals surface area contributed by atoms with Crippen LogP contribution in [0, 0.1) is 23.7 Å². The first-order chi connectivity index (χ1) is 19.8. The Morgan fingerprint density at radius 1 is 0.762 bits per heavy atom. The Balaban J connectivity index is 3.25. The number of aliphatic carboxylic acids is 1. The van der Waals surface area contributed by atoms with Crippen LogP contribution in [0.25, 0.3) is 0 Å². The van der Waals surface area contributed by atoms with Crippen LogP contribution in [0.1, 0.15) is 79.2 Å². The Labute approximate surface area is 248 Å². The van der Waals surface area contributed by atoms with Crippen molar-refractivity contribution < 1.29 is 52.7 Å². The Bertz CT molecular complexity index is 1010. The van der Waals surface area contributed by atoms with Crippen molar-refractivity contribution in [1.29, 1.82) is 0 Å². The summed E-state index contributed by atoms with van der Waals surface area (Å²) in [5, 5.41) is 9.72. The molecule has 5 atom stereocenters. The van der Waals surface area contributed by atoms with Gasteiger partial charge in [0.15, 0.2) is 11.5 Å². The van der Waals surface area contributed by atoms with Crippen molar-refractivity contribution >= 4 is 24.4 Å². The van der Waals surface area contributed by atoms with Gasteiger partial charge >= 0.3 is 24.4 Å². The van der Waals surface area contributed by atoms with Crippen molar-refractivity contribution in [1.82, 2.24) is 0 Å². The molecule has 4 unspecified atom stereocenters. The monoisotopic (exact) mass is 597 g/mol. The summed E-state index contributed by atoms with van der Waals surface area (Å²) in [4.78, 5) is 48.8. The van der Waals surface area contributed by atoms with Crippen molar-refractivity contribution in [3.8, 4) is 11.5 Å². The maximum absolute atomic E-state index is 12.5. The molecule has 0 spiro atoms. The Hall–Kier alpha value is -3.54. The smallest absolute Gasteiger partial charge is 0.480 e. The summed E-state index contributed by atoms with van der Waals surface area (Å²) in [6, 6.07) is 2.75. The van der Waals surface area contributed by atoms with E-state index in [1.807, 2.05) is 41.5 Å². The fourth-order valence-corrected chi connectivity index (χ4v) is 3.56. The molecule has 0 saturated heterocycles. The molecular formula is C30H47NO11. The molecule has 12 nitrogen and oxygen atoms in total. The number of carboxylic acid groups (broad SMARTS) is 1. The molecule has 0 aliphatic carbocycles. The van der Waals surface area contributed by atoms with Crippen LogP contribution in [0.4, 0.5) is 14.4 Å². The van der Waals surface area contributed by atoms with Gasteiger partial charge in [0, 0.05) is 5.92 Å². The van der Waals surface area contributed by atoms with Gasteiger partial charge in [-0.25, -0.2) is 14.4 Å². The molecule has 0 amide bonds. The Morgan fingerprint density at radius 3 is 1.79 bits per heavy atom. The molecule has 3 N–H and O–H groups in total. The first kappa shape index (κ1) is 36.5. The number of nitrogens with two attached hydrogens (primary N) is 1. The third-order valence-corrected chi connectivity index (χ3v) is 6.77. The molecule has 0 bridgehead atoms. The van der Waals surface area contributed by atoms with Gasteiger partial charge in [-0.15, -0.1) is 0 Å². The second-order valence-electron chi connectivity index (χ2n) is 11.0. The van der Waals surface area contributed by atoms with Crippen molar-refractivity contribution in [3.63, 3.8) is 0 Å². The van der Waals surface area contributed by atoms with E-state index in [0.717, 1.165) is 12.8 Å². The highest BCUT2D eigenvalue weighted by atomic mass is 16.7. The highest BCUT2D eigenvalue weighted by molar-refractivity contribution is 5.75. The lowest BCUT2D eigenvalue weighted by Crippen LogP contribution is -2.40. The average molecular weight is 598 g/mol. The maximum Gasteiger partial charge on any atom is 0.513 e. The fraction of sp³-hybridized carbons (Fsp3) is 0.667. The molecule has 0 saturated carbocycles. The van der Waals surface area contributed by atoms with E-state index in [1.54, 1.807) is 6.92 Å². The largest absolute Gasteiger partial charge is 0.513 e. The zero-order chi connectivity index (χ0) is 31.8. The fourth-order valence-electron chi connectivity index (χ4n) is 3.56. The number of hydrogen-bond acceptors (Lipinski definition) is 11. The predicted octanol–water partition coefficient (Wildman–Crippen LogP) is 6.14. The zero-order valence-corrected chi connectivity index (χ0v) is 25.8. The topological polar surface area (TPSA) is 170 Å². The van der Waals surface area contributed by atoms with Gasteiger partial charge in [0.1, 0.15) is 6.04 Å². The number of benzene rings is 1. The van der Waals surface area contributed by atoms with Crippen LogP contribution in [0.5, 0.6) is 11.5 Å². The van der Waals surface area contributed by atoms with Gasteiger partial charge in [0.05, 0.1) is 26.4 Å². The van der Waals surface area contributed by atoms with Gasteiger partial charge in [-0.1, -0.05) is 67.4 Å². The number of ether oxygens (including phenoxy) is 6. The second kappa shape index (κ2) is 18.8. The summed E-state index contributed by atoms with van der Waals surface area (Å²) in [5.41, 5.74) is 6.38. The standard InChI is InChI=1S/C30H47NO11/c1-8-19(5)15-38-29(35)41-23-11-10-22(14-24(23)42-30(36)39-16-20(6)9-2)25(26(31)27(32)33)21(7)17-40-28(34)37-13-12-18(3)4/h10-11,14,18-21,25-26H,8-9,12-13,15-17,31H2,1-7H3,(H,32,33)/t19?,20?,21?,25?,26-/m0/s1. The van der Waals surface area contributed by atoms with E-state index in [4.69, 9.17) is 34.2 Å². The number of hydrogen-bond donors (Lipinski definition) is 2. The molecule has 1 aromatic carbocycles. The predicted molar refractivity (Wildman–Crippen MR) is 154 cm³/mol. The SMILES string of the molecule is CCC(C)COC(=O)Oc1ccc(C(C(C)COC(=O)OCCC(C)C)[C@H](N)C(=O)O)cc1OC(=O)OCC(C)CC. The lowest BCUT2D eigenvalue weighted by atomic mass is 9.82. The zero-order valence-electron chi connectivity index (χ0n) is 25.8. The van der Waals surface area contributed by atoms with Crippen LogP contribution >= 0.6 is 0 Å². The van der Waals surface area contributed by atoms with Crippen LogP contribution in [0.2, 0.25) is 0 Å². The van der Waals surface area contributed by atoms with Crippen LogP contribution in [0.3, 0.4) is 0 Å². The van der Waals surface area contributed by atoms with E-state index in [-0.39, 0.29) is 49.8 Å². The van der Waals surface area contributed by atoms with E-state index < -0.39 is 42.3 Å². The van der Waals surface area contributed by atoms with Gasteiger partial charge in [-0.05, 0) is 47.8 Å². The minimum Gasteiger partial charge on any atom is -0.480 e.